The fraction of sp³-hybridized carbons (Fsp3) is 0.917. The van der Waals surface area contributed by atoms with Crippen LogP contribution in [-0.4, -0.2) is 35.7 Å². The van der Waals surface area contributed by atoms with Gasteiger partial charge in [0.2, 0.25) is 0 Å². The first-order valence-electron chi connectivity index (χ1n) is 6.01. The van der Waals surface area contributed by atoms with Crippen molar-refractivity contribution in [3.05, 3.63) is 0 Å². The molecule has 0 unspecified atom stereocenters. The van der Waals surface area contributed by atoms with E-state index in [-0.39, 0.29) is 12.1 Å². The highest BCUT2D eigenvalue weighted by atomic mass is 16.6. The number of carbonyl (C=O) groups excluding carboxylic acids is 1. The van der Waals surface area contributed by atoms with Gasteiger partial charge in [0.05, 0.1) is 0 Å². The SMILES string of the molecule is CN(C(=O)OC(C)(C)C)C1CCC(N)CC1. The molecule has 0 radical (unpaired) electrons. The summed E-state index contributed by atoms with van der Waals surface area (Å²) in [7, 11) is 1.82. The molecule has 1 saturated carbocycles. The minimum absolute atomic E-state index is 0.229. The van der Waals surface area contributed by atoms with Gasteiger partial charge in [-0.25, -0.2) is 4.79 Å². The molecule has 0 aromatic heterocycles. The second-order valence-corrected chi connectivity index (χ2v) is 5.66. The molecule has 1 amide bonds. The first kappa shape index (κ1) is 13.3. The van der Waals surface area contributed by atoms with E-state index in [2.05, 4.69) is 0 Å². The zero-order chi connectivity index (χ0) is 12.3. The Morgan fingerprint density at radius 1 is 1.25 bits per heavy atom. The van der Waals surface area contributed by atoms with Gasteiger partial charge in [0.15, 0.2) is 0 Å². The van der Waals surface area contributed by atoms with E-state index in [0.717, 1.165) is 25.7 Å². The van der Waals surface area contributed by atoms with Crippen LogP contribution in [0.4, 0.5) is 4.79 Å². The first-order valence-corrected chi connectivity index (χ1v) is 6.01. The number of nitrogens with zero attached hydrogens (tertiary/aromatic N) is 1. The summed E-state index contributed by atoms with van der Waals surface area (Å²) in [6.45, 7) is 5.65. The van der Waals surface area contributed by atoms with E-state index in [9.17, 15) is 4.79 Å². The van der Waals surface area contributed by atoms with Gasteiger partial charge in [0.25, 0.3) is 0 Å². The third-order valence-electron chi connectivity index (χ3n) is 2.97. The lowest BCUT2D eigenvalue weighted by Gasteiger charge is -2.34. The molecule has 1 rings (SSSR count). The van der Waals surface area contributed by atoms with E-state index in [0.29, 0.717) is 6.04 Å². The molecule has 16 heavy (non-hydrogen) atoms. The molecule has 4 heteroatoms. The number of nitrogens with two attached hydrogens (primary N) is 1. The molecule has 94 valence electrons. The van der Waals surface area contributed by atoms with Gasteiger partial charge >= 0.3 is 6.09 Å². The van der Waals surface area contributed by atoms with Crippen molar-refractivity contribution in [2.24, 2.45) is 5.73 Å². The highest BCUT2D eigenvalue weighted by molar-refractivity contribution is 5.68. The summed E-state index contributed by atoms with van der Waals surface area (Å²) in [6, 6.07) is 0.595. The molecule has 1 aliphatic rings. The molecule has 0 aliphatic heterocycles. The summed E-state index contributed by atoms with van der Waals surface area (Å²) < 4.78 is 5.34. The minimum Gasteiger partial charge on any atom is -0.444 e. The number of ether oxygens (including phenoxy) is 1. The Bertz CT molecular complexity index is 240. The predicted octanol–water partition coefficient (Wildman–Crippen LogP) is 2.12. The van der Waals surface area contributed by atoms with Gasteiger partial charge in [-0.15, -0.1) is 0 Å². The number of amides is 1. The van der Waals surface area contributed by atoms with Crippen molar-refractivity contribution in [3.63, 3.8) is 0 Å². The fourth-order valence-corrected chi connectivity index (χ4v) is 1.97. The highest BCUT2D eigenvalue weighted by Gasteiger charge is 2.28. The van der Waals surface area contributed by atoms with Gasteiger partial charge in [-0.2, -0.15) is 0 Å². The Morgan fingerprint density at radius 2 is 1.75 bits per heavy atom. The van der Waals surface area contributed by atoms with Crippen LogP contribution in [0.25, 0.3) is 0 Å². The Kier molecular flexibility index (Phi) is 4.19. The van der Waals surface area contributed by atoms with Crippen LogP contribution in [0.5, 0.6) is 0 Å². The second kappa shape index (κ2) is 5.04. The third-order valence-corrected chi connectivity index (χ3v) is 2.97. The van der Waals surface area contributed by atoms with Crippen molar-refractivity contribution < 1.29 is 9.53 Å². The third kappa shape index (κ3) is 4.00. The molecular formula is C12H24N2O2. The van der Waals surface area contributed by atoms with Gasteiger partial charge < -0.3 is 15.4 Å². The highest BCUT2D eigenvalue weighted by Crippen LogP contribution is 2.22. The zero-order valence-corrected chi connectivity index (χ0v) is 10.8. The van der Waals surface area contributed by atoms with Gasteiger partial charge in [0.1, 0.15) is 5.60 Å². The van der Waals surface area contributed by atoms with E-state index >= 15 is 0 Å². The largest absolute Gasteiger partial charge is 0.444 e. The molecule has 0 aromatic rings. The van der Waals surface area contributed by atoms with Crippen molar-refractivity contribution in [3.8, 4) is 0 Å². The molecule has 0 atom stereocenters. The normalized spacial score (nSPS) is 26.3. The standard InChI is InChI=1S/C12H24N2O2/c1-12(2,3)16-11(15)14(4)10-7-5-9(13)6-8-10/h9-10H,5-8,13H2,1-4H3. The molecule has 4 nitrogen and oxygen atoms in total. The van der Waals surface area contributed by atoms with Gasteiger partial charge in [-0.3, -0.25) is 0 Å². The summed E-state index contributed by atoms with van der Waals surface area (Å²) in [5.74, 6) is 0. The van der Waals surface area contributed by atoms with Gasteiger partial charge in [-0.05, 0) is 46.5 Å². The van der Waals surface area contributed by atoms with Crippen molar-refractivity contribution >= 4 is 6.09 Å². The maximum Gasteiger partial charge on any atom is 0.410 e. The lowest BCUT2D eigenvalue weighted by atomic mass is 9.91. The van der Waals surface area contributed by atoms with Crippen LogP contribution in [0.15, 0.2) is 0 Å². The topological polar surface area (TPSA) is 55.6 Å². The molecule has 0 spiro atoms. The number of carbonyl (C=O) groups is 1. The van der Waals surface area contributed by atoms with E-state index in [1.54, 1.807) is 4.90 Å². The van der Waals surface area contributed by atoms with E-state index in [1.165, 1.54) is 0 Å². The Labute approximate surface area is 98.1 Å². The summed E-state index contributed by atoms with van der Waals surface area (Å²) in [6.07, 6.45) is 3.73. The van der Waals surface area contributed by atoms with Crippen LogP contribution in [0.2, 0.25) is 0 Å². The van der Waals surface area contributed by atoms with Gasteiger partial charge in [-0.1, -0.05) is 0 Å². The van der Waals surface area contributed by atoms with E-state index < -0.39 is 5.60 Å². The molecular weight excluding hydrogens is 204 g/mol. The smallest absolute Gasteiger partial charge is 0.410 e. The van der Waals surface area contributed by atoms with Crippen LogP contribution >= 0.6 is 0 Å². The van der Waals surface area contributed by atoms with Crippen molar-refractivity contribution in [1.82, 2.24) is 4.90 Å². The Hall–Kier alpha value is -0.770. The summed E-state index contributed by atoms with van der Waals surface area (Å²) in [4.78, 5) is 13.5. The molecule has 1 fully saturated rings. The monoisotopic (exact) mass is 228 g/mol. The number of hydrogen-bond donors (Lipinski definition) is 1. The summed E-state index contributed by atoms with van der Waals surface area (Å²) in [5.41, 5.74) is 5.42. The average Bonchev–Trinajstić information content (AvgIpc) is 2.15. The van der Waals surface area contributed by atoms with Crippen molar-refractivity contribution in [1.29, 1.82) is 0 Å². The quantitative estimate of drug-likeness (QED) is 0.748. The molecule has 0 saturated heterocycles. The fourth-order valence-electron chi connectivity index (χ4n) is 1.97. The lowest BCUT2D eigenvalue weighted by molar-refractivity contribution is 0.0183. The molecule has 0 aromatic carbocycles. The first-order chi connectivity index (χ1) is 7.29. The number of rotatable bonds is 1. The maximum atomic E-state index is 11.8. The molecule has 0 bridgehead atoms. The minimum atomic E-state index is -0.420. The Balaban J connectivity index is 2.45. The summed E-state index contributed by atoms with van der Waals surface area (Å²) >= 11 is 0. The van der Waals surface area contributed by atoms with Crippen molar-refractivity contribution in [2.75, 3.05) is 7.05 Å². The Morgan fingerprint density at radius 3 is 2.19 bits per heavy atom. The lowest BCUT2D eigenvalue weighted by Crippen LogP contribution is -2.44. The predicted molar refractivity (Wildman–Crippen MR) is 64.2 cm³/mol. The zero-order valence-electron chi connectivity index (χ0n) is 10.8. The summed E-state index contributed by atoms with van der Waals surface area (Å²) in [5, 5.41) is 0. The number of hydrogen-bond acceptors (Lipinski definition) is 3. The van der Waals surface area contributed by atoms with Crippen LogP contribution < -0.4 is 5.73 Å². The molecule has 2 N–H and O–H groups in total. The second-order valence-electron chi connectivity index (χ2n) is 5.66. The molecule has 0 heterocycles. The van der Waals surface area contributed by atoms with Crippen molar-refractivity contribution in [2.45, 2.75) is 64.1 Å². The van der Waals surface area contributed by atoms with Crippen LogP contribution in [0.1, 0.15) is 46.5 Å². The maximum absolute atomic E-state index is 11.8. The van der Waals surface area contributed by atoms with E-state index in [4.69, 9.17) is 10.5 Å². The average molecular weight is 228 g/mol. The van der Waals surface area contributed by atoms with E-state index in [1.807, 2.05) is 27.8 Å². The van der Waals surface area contributed by atoms with Crippen LogP contribution in [0, 0.1) is 0 Å². The van der Waals surface area contributed by atoms with Crippen LogP contribution in [0.3, 0.4) is 0 Å². The van der Waals surface area contributed by atoms with Crippen LogP contribution in [-0.2, 0) is 4.74 Å². The molecule has 1 aliphatic carbocycles. The van der Waals surface area contributed by atoms with Gasteiger partial charge in [0, 0.05) is 19.1 Å².